The van der Waals surface area contributed by atoms with E-state index in [4.69, 9.17) is 23.7 Å². The molecule has 9 N–H and O–H groups in total. The Hall–Kier alpha value is -0.560. The molecule has 302 valence electrons. The van der Waals surface area contributed by atoms with Gasteiger partial charge in [-0.2, -0.15) is 0 Å². The number of aliphatic hydroxyl groups is 9. The number of fused-ring (bicyclic) bond motifs is 5. The van der Waals surface area contributed by atoms with Gasteiger partial charge in [-0.1, -0.05) is 34.6 Å². The first-order valence-electron chi connectivity index (χ1n) is 19.6. The summed E-state index contributed by atoms with van der Waals surface area (Å²) in [7, 11) is 1.35. The van der Waals surface area contributed by atoms with Crippen LogP contribution in [0.5, 0.6) is 0 Å². The van der Waals surface area contributed by atoms with Crippen LogP contribution in [0.15, 0.2) is 0 Å². The first-order chi connectivity index (χ1) is 24.4. The second kappa shape index (κ2) is 15.4. The van der Waals surface area contributed by atoms with Crippen molar-refractivity contribution in [2.45, 2.75) is 171 Å². The van der Waals surface area contributed by atoms with Crippen LogP contribution >= 0.6 is 0 Å². The smallest absolute Gasteiger partial charge is 0.187 e. The van der Waals surface area contributed by atoms with E-state index in [1.54, 1.807) is 0 Å². The fourth-order valence-electron chi connectivity index (χ4n) is 12.3. The van der Waals surface area contributed by atoms with E-state index in [9.17, 15) is 46.0 Å². The maximum absolute atomic E-state index is 12.6. The monoisotopic (exact) mass is 746 g/mol. The van der Waals surface area contributed by atoms with Crippen LogP contribution in [0, 0.1) is 46.3 Å². The molecule has 6 aliphatic rings. The Kier molecular flexibility index (Phi) is 12.2. The van der Waals surface area contributed by atoms with Crippen LogP contribution in [0.25, 0.3) is 0 Å². The summed E-state index contributed by atoms with van der Waals surface area (Å²) in [5.74, 6) is -0.947. The lowest BCUT2D eigenvalue weighted by molar-refractivity contribution is -0.311. The topological polar surface area (TPSA) is 228 Å². The Labute approximate surface area is 307 Å². The van der Waals surface area contributed by atoms with E-state index < -0.39 is 108 Å². The molecule has 0 aromatic carbocycles. The molecule has 52 heavy (non-hydrogen) atoms. The molecule has 4 aliphatic carbocycles. The van der Waals surface area contributed by atoms with Crippen molar-refractivity contribution in [2.75, 3.05) is 20.3 Å². The van der Waals surface area contributed by atoms with Gasteiger partial charge in [0.05, 0.1) is 49.3 Å². The minimum absolute atomic E-state index is 0.0341. The third-order valence-electron chi connectivity index (χ3n) is 14.9. The summed E-state index contributed by atoms with van der Waals surface area (Å²) in [6, 6.07) is 0. The Morgan fingerprint density at radius 2 is 1.48 bits per heavy atom. The number of methoxy groups -OCH3 is 1. The molecule has 0 amide bonds. The summed E-state index contributed by atoms with van der Waals surface area (Å²) in [5, 5.41) is 98.7. The summed E-state index contributed by atoms with van der Waals surface area (Å²) in [5.41, 5.74) is -2.27. The zero-order valence-corrected chi connectivity index (χ0v) is 31.6. The lowest BCUT2D eigenvalue weighted by atomic mass is 9.41. The van der Waals surface area contributed by atoms with Crippen LogP contribution in [0.4, 0.5) is 0 Å². The predicted molar refractivity (Wildman–Crippen MR) is 184 cm³/mol. The lowest BCUT2D eigenvalue weighted by Gasteiger charge is -2.66. The average Bonchev–Trinajstić information content (AvgIpc) is 3.53. The molecule has 0 spiro atoms. The summed E-state index contributed by atoms with van der Waals surface area (Å²) in [4.78, 5) is 0. The van der Waals surface area contributed by atoms with Crippen LogP contribution in [0.2, 0.25) is 0 Å². The van der Waals surface area contributed by atoms with Gasteiger partial charge in [-0.15, -0.1) is 0 Å². The van der Waals surface area contributed by atoms with E-state index >= 15 is 0 Å². The Morgan fingerprint density at radius 1 is 0.788 bits per heavy atom. The summed E-state index contributed by atoms with van der Waals surface area (Å²) in [6.07, 6.45) is -8.58. The van der Waals surface area contributed by atoms with Gasteiger partial charge in [0.25, 0.3) is 0 Å². The van der Waals surface area contributed by atoms with Crippen molar-refractivity contribution in [1.29, 1.82) is 0 Å². The normalized spacial score (nSPS) is 53.3. The van der Waals surface area contributed by atoms with Crippen molar-refractivity contribution in [3.63, 3.8) is 0 Å². The summed E-state index contributed by atoms with van der Waals surface area (Å²) < 4.78 is 29.5. The molecule has 2 heterocycles. The van der Waals surface area contributed by atoms with Crippen molar-refractivity contribution in [2.24, 2.45) is 46.3 Å². The van der Waals surface area contributed by atoms with Gasteiger partial charge in [-0.3, -0.25) is 0 Å². The second-order valence-corrected chi connectivity index (χ2v) is 18.1. The SMILES string of the molecule is CO[C@H]1[C@H](O[C@H]2[C@H](OC(CCC(C)[C@H]3C[C@@H](O)C4[C@]5(O)C[C@H](O)C6[C@@H](O)[C@@H](O)CC[C@]6(C)C5CC[C@@]43C)C(C)C)O[C@@H](CO)[C@@H]2O)OC[C@@H](O)[C@@H]1O. The molecule has 2 aliphatic heterocycles. The number of aliphatic hydroxyl groups excluding tert-OH is 8. The highest BCUT2D eigenvalue weighted by atomic mass is 16.8. The van der Waals surface area contributed by atoms with Crippen molar-refractivity contribution in [3.8, 4) is 0 Å². The molecule has 21 atom stereocenters. The highest BCUT2D eigenvalue weighted by Crippen LogP contribution is 2.70. The molecule has 0 aromatic heterocycles. The second-order valence-electron chi connectivity index (χ2n) is 18.1. The van der Waals surface area contributed by atoms with Gasteiger partial charge in [0.15, 0.2) is 12.6 Å². The molecule has 0 bridgehead atoms. The first kappa shape index (κ1) is 41.1. The lowest BCUT2D eigenvalue weighted by Crippen LogP contribution is -2.70. The molecule has 0 aromatic rings. The number of ether oxygens (including phenoxy) is 5. The molecule has 14 heteroatoms. The summed E-state index contributed by atoms with van der Waals surface area (Å²) >= 11 is 0. The molecule has 4 saturated carbocycles. The Morgan fingerprint density at radius 3 is 2.13 bits per heavy atom. The molecule has 14 nitrogen and oxygen atoms in total. The highest BCUT2D eigenvalue weighted by Gasteiger charge is 2.71. The molecule has 6 rings (SSSR count). The van der Waals surface area contributed by atoms with E-state index in [0.717, 1.165) is 12.8 Å². The summed E-state index contributed by atoms with van der Waals surface area (Å²) in [6.45, 7) is 9.79. The van der Waals surface area contributed by atoms with E-state index in [1.807, 2.05) is 20.8 Å². The molecule has 6 fully saturated rings. The molecule has 5 unspecified atom stereocenters. The quantitative estimate of drug-likeness (QED) is 0.136. The zero-order valence-electron chi connectivity index (χ0n) is 31.6. The van der Waals surface area contributed by atoms with Gasteiger partial charge in [0, 0.05) is 25.4 Å². The van der Waals surface area contributed by atoms with Crippen LogP contribution in [0.1, 0.15) is 86.0 Å². The van der Waals surface area contributed by atoms with Gasteiger partial charge in [0.2, 0.25) is 0 Å². The Bertz CT molecular complexity index is 1210. The van der Waals surface area contributed by atoms with Gasteiger partial charge in [0.1, 0.15) is 36.6 Å². The van der Waals surface area contributed by atoms with Crippen molar-refractivity contribution in [3.05, 3.63) is 0 Å². The van der Waals surface area contributed by atoms with Gasteiger partial charge >= 0.3 is 0 Å². The standard InChI is InChI=1S/C38H66O14/c1-17(2)24(50-35-32(30(46)25(15-39)51-35)52-34-31(48-6)29(45)23(43)16-49-34)8-7-18(3)19-13-21(41)33-36(19,4)12-10-26-37(5)11-9-20(40)28(44)27(37)22(42)14-38(26,33)47/h17-35,39-47H,7-16H2,1-6H3/t18?,19-,20+,21-,22+,23-,24?,25+,26?,27?,28+,29+,30+,31-,32-,33?,34+,35-,36-,37-,38+/m1/s1. The largest absolute Gasteiger partial charge is 0.394 e. The molecule has 0 radical (unpaired) electrons. The van der Waals surface area contributed by atoms with Crippen LogP contribution in [0.3, 0.4) is 0 Å². The fourth-order valence-corrected chi connectivity index (χ4v) is 12.3. The average molecular weight is 747 g/mol. The van der Waals surface area contributed by atoms with Crippen molar-refractivity contribution >= 4 is 0 Å². The van der Waals surface area contributed by atoms with Crippen LogP contribution < -0.4 is 0 Å². The number of hydrogen-bond donors (Lipinski definition) is 9. The number of hydrogen-bond acceptors (Lipinski definition) is 14. The minimum atomic E-state index is -1.31. The maximum atomic E-state index is 12.6. The molecule has 2 saturated heterocycles. The fraction of sp³-hybridized carbons (Fsp3) is 1.00. The van der Waals surface area contributed by atoms with E-state index in [0.29, 0.717) is 32.1 Å². The third kappa shape index (κ3) is 6.82. The highest BCUT2D eigenvalue weighted by molar-refractivity contribution is 5.21. The number of rotatable bonds is 11. The van der Waals surface area contributed by atoms with Crippen molar-refractivity contribution < 1.29 is 69.6 Å². The zero-order chi connectivity index (χ0) is 38.1. The van der Waals surface area contributed by atoms with Crippen LogP contribution in [-0.2, 0) is 23.7 Å². The van der Waals surface area contributed by atoms with Crippen molar-refractivity contribution in [1.82, 2.24) is 0 Å². The minimum Gasteiger partial charge on any atom is -0.394 e. The Balaban J connectivity index is 1.14. The van der Waals surface area contributed by atoms with E-state index in [-0.39, 0.29) is 42.8 Å². The molecular formula is C38H66O14. The maximum Gasteiger partial charge on any atom is 0.187 e. The van der Waals surface area contributed by atoms with Gasteiger partial charge < -0.3 is 69.6 Å². The van der Waals surface area contributed by atoms with Crippen LogP contribution in [-0.4, -0.2) is 152 Å². The molecular weight excluding hydrogens is 680 g/mol. The van der Waals surface area contributed by atoms with E-state index in [1.165, 1.54) is 7.11 Å². The van der Waals surface area contributed by atoms with Gasteiger partial charge in [-0.25, -0.2) is 0 Å². The predicted octanol–water partition coefficient (Wildman–Crippen LogP) is 0.0474. The third-order valence-corrected chi connectivity index (χ3v) is 14.9. The van der Waals surface area contributed by atoms with Gasteiger partial charge in [-0.05, 0) is 79.4 Å². The van der Waals surface area contributed by atoms with E-state index in [2.05, 4.69) is 13.8 Å². The first-order valence-corrected chi connectivity index (χ1v) is 19.6.